The maximum atomic E-state index is 15.9. The van der Waals surface area contributed by atoms with Gasteiger partial charge in [-0.1, -0.05) is 45.9 Å². The molecule has 0 aliphatic heterocycles. The van der Waals surface area contributed by atoms with Crippen LogP contribution in [-0.2, 0) is 36.8 Å². The van der Waals surface area contributed by atoms with Gasteiger partial charge < -0.3 is 39.4 Å². The average molecular weight is 1240 g/mol. The van der Waals surface area contributed by atoms with Gasteiger partial charge in [0.2, 0.25) is 11.8 Å². The fourth-order valence-electron chi connectivity index (χ4n) is 11.3. The number of nitrogens with zero attached hydrogens (tertiary/aromatic N) is 4. The first-order chi connectivity index (χ1) is 41.7. The first-order valence-corrected chi connectivity index (χ1v) is 30.2. The first kappa shape index (κ1) is 72.0. The van der Waals surface area contributed by atoms with Crippen molar-refractivity contribution in [2.24, 2.45) is 11.8 Å². The van der Waals surface area contributed by atoms with Crippen LogP contribution in [0, 0.1) is 96.3 Å². The quantitative estimate of drug-likeness (QED) is 0.0370. The fourth-order valence-corrected chi connectivity index (χ4v) is 11.3. The van der Waals surface area contributed by atoms with Crippen LogP contribution < -0.4 is 21.8 Å². The van der Waals surface area contributed by atoms with E-state index >= 15 is 17.6 Å². The summed E-state index contributed by atoms with van der Waals surface area (Å²) in [6.07, 6.45) is 3.37. The second-order valence-corrected chi connectivity index (χ2v) is 24.8. The molecule has 0 fully saturated rings. The van der Waals surface area contributed by atoms with Crippen molar-refractivity contribution in [1.82, 2.24) is 29.6 Å². The summed E-state index contributed by atoms with van der Waals surface area (Å²) in [5, 5.41) is 15.3. The summed E-state index contributed by atoms with van der Waals surface area (Å²) in [6.45, 7) is 24.1. The molecule has 89 heavy (non-hydrogen) atoms. The summed E-state index contributed by atoms with van der Waals surface area (Å²) in [4.78, 5) is 83.0. The maximum Gasteiger partial charge on any atom is 0.308 e. The molecule has 0 spiro atoms. The number of amides is 2. The summed E-state index contributed by atoms with van der Waals surface area (Å²) < 4.78 is 83.6. The van der Waals surface area contributed by atoms with Crippen LogP contribution in [-0.4, -0.2) is 95.7 Å². The molecule has 6 aromatic rings. The lowest BCUT2D eigenvalue weighted by Gasteiger charge is -2.27. The number of hydrogen-bond donors (Lipinski definition) is 3. The number of carbonyl (C=O) groups excluding carboxylic acids is 3. The number of hydrogen-bond acceptors (Lipinski definition) is 9. The Labute approximate surface area is 520 Å². The van der Waals surface area contributed by atoms with Gasteiger partial charge in [-0.2, -0.15) is 0 Å². The molecule has 2 heterocycles. The Balaban J connectivity index is 0.000000324. The van der Waals surface area contributed by atoms with Crippen molar-refractivity contribution in [3.63, 3.8) is 0 Å². The van der Waals surface area contributed by atoms with Gasteiger partial charge >= 0.3 is 11.9 Å². The third kappa shape index (κ3) is 18.4. The number of carboxylic acids is 1. The number of rotatable bonds is 25. The molecular formula is C70H89F5N6O8. The lowest BCUT2D eigenvalue weighted by molar-refractivity contribution is -0.144. The fraction of sp³-hybridized carbons (Fsp3) is 0.457. The van der Waals surface area contributed by atoms with Gasteiger partial charge in [-0.25, -0.2) is 22.0 Å². The first-order valence-electron chi connectivity index (χ1n) is 30.2. The molecule has 3 N–H and O–H groups in total. The maximum absolute atomic E-state index is 15.9. The molecule has 0 saturated carbocycles. The molecule has 2 unspecified atom stereocenters. The van der Waals surface area contributed by atoms with Crippen LogP contribution in [0.25, 0.3) is 22.3 Å². The van der Waals surface area contributed by atoms with Crippen molar-refractivity contribution in [2.45, 2.75) is 153 Å². The third-order valence-electron chi connectivity index (χ3n) is 15.9. The number of esters is 1. The number of nitrogens with one attached hydrogen (secondary N) is 2. The molecular weight excluding hydrogens is 1150 g/mol. The van der Waals surface area contributed by atoms with Crippen LogP contribution in [0.15, 0.2) is 76.6 Å². The smallest absolute Gasteiger partial charge is 0.308 e. The minimum atomic E-state index is -1.31. The molecule has 0 saturated heterocycles. The number of ether oxygens (including phenoxy) is 1. The van der Waals surface area contributed by atoms with E-state index in [0.29, 0.717) is 64.9 Å². The van der Waals surface area contributed by atoms with Crippen molar-refractivity contribution in [2.75, 3.05) is 47.9 Å². The molecule has 0 bridgehead atoms. The Bertz CT molecular complexity index is 3640. The van der Waals surface area contributed by atoms with Crippen LogP contribution in [0.3, 0.4) is 0 Å². The number of carbonyl (C=O) groups is 4. The van der Waals surface area contributed by atoms with E-state index in [1.54, 1.807) is 59.0 Å². The van der Waals surface area contributed by atoms with E-state index in [1.807, 2.05) is 97.7 Å². The monoisotopic (exact) mass is 1240 g/mol. The topological polar surface area (TPSA) is 172 Å². The van der Waals surface area contributed by atoms with Gasteiger partial charge in [0.15, 0.2) is 11.6 Å². The largest absolute Gasteiger partial charge is 0.481 e. The minimum absolute atomic E-state index is 0.0444. The number of aromatic nitrogens is 2. The number of benzene rings is 4. The predicted molar refractivity (Wildman–Crippen MR) is 340 cm³/mol. The van der Waals surface area contributed by atoms with Crippen LogP contribution >= 0.6 is 0 Å². The minimum Gasteiger partial charge on any atom is -0.481 e. The zero-order chi connectivity index (χ0) is 66.6. The summed E-state index contributed by atoms with van der Waals surface area (Å²) in [5.41, 5.74) is 6.56. The van der Waals surface area contributed by atoms with Gasteiger partial charge in [-0.3, -0.25) is 28.8 Å². The number of aliphatic carboxylic acids is 1. The molecule has 19 heteroatoms. The van der Waals surface area contributed by atoms with Gasteiger partial charge in [0.25, 0.3) is 11.1 Å². The van der Waals surface area contributed by atoms with Crippen molar-refractivity contribution < 1.29 is 51.0 Å². The van der Waals surface area contributed by atoms with E-state index in [4.69, 9.17) is 4.74 Å². The van der Waals surface area contributed by atoms with Crippen LogP contribution in [0.1, 0.15) is 151 Å². The lowest BCUT2D eigenvalue weighted by atomic mass is 9.90. The van der Waals surface area contributed by atoms with Crippen LogP contribution in [0.2, 0.25) is 0 Å². The number of halogens is 5. The highest BCUT2D eigenvalue weighted by Gasteiger charge is 2.33. The van der Waals surface area contributed by atoms with E-state index in [0.717, 1.165) is 31.4 Å². The molecule has 4 aromatic carbocycles. The van der Waals surface area contributed by atoms with Gasteiger partial charge in [-0.05, 0) is 242 Å². The van der Waals surface area contributed by atoms with Crippen LogP contribution in [0.5, 0.6) is 0 Å². The standard InChI is InChI=1S/C36H47F2N3O4.C34H42F3N3O4/c1-10-45-31(42)19-29(28-18-27(17-24(6)33(28)37)32-22(4)12-11-13-23(32)5)39-35(43)30(16-21(2)3)41-20-26(14-15-40(8)9)25(7)34(38)36(41)44;1-18(2)11-28(40-17-23(9-10-39(7)8)22(6)32(37)34(40)44)33(43)38-27(16-29(41)42)26-15-24(12-21(5)31(26)36)30-19(3)13-25(35)14-20(30)4/h11-13,17-18,20-21,29-30H,10,14-16,19H2,1-9H3,(H,39,43);12-15,17-18,27-28H,9-11,16H2,1-8H3,(H,38,43)(H,41,42)/t29-,30?;27-,28?/m00/s1. The molecule has 2 amide bonds. The Morgan fingerprint density at radius 1 is 0.551 bits per heavy atom. The second-order valence-electron chi connectivity index (χ2n) is 24.8. The van der Waals surface area contributed by atoms with Gasteiger partial charge in [0, 0.05) is 36.6 Å². The molecule has 4 atom stereocenters. The van der Waals surface area contributed by atoms with Crippen LogP contribution in [0.4, 0.5) is 22.0 Å². The third-order valence-corrected chi connectivity index (χ3v) is 15.9. The molecule has 6 rings (SSSR count). The Kier molecular flexibility index (Phi) is 25.6. The second kappa shape index (κ2) is 31.6. The van der Waals surface area contributed by atoms with Crippen molar-refractivity contribution in [1.29, 1.82) is 0 Å². The van der Waals surface area contributed by atoms with Gasteiger partial charge in [0.1, 0.15) is 29.5 Å². The van der Waals surface area contributed by atoms with Crippen molar-refractivity contribution in [3.05, 3.63) is 184 Å². The SMILES string of the molecule is CCOC(=O)C[C@H](NC(=O)C(CC(C)C)n1cc(CCN(C)C)c(C)c(F)c1=O)c1cc(-c2c(C)cccc2C)cc(C)c1F.Cc1cc(-c2c(C)cc(F)cc2C)cc([C@H](CC(=O)O)NC(=O)C(CC(C)C)n2cc(CCN(C)C)c(C)c(F)c2=O)c1F. The van der Waals surface area contributed by atoms with E-state index in [1.165, 1.54) is 38.2 Å². The number of carboxylic acid groups (broad SMARTS) is 1. The van der Waals surface area contributed by atoms with Crippen molar-refractivity contribution >= 4 is 23.8 Å². The molecule has 0 aliphatic carbocycles. The highest BCUT2D eigenvalue weighted by molar-refractivity contribution is 5.83. The molecule has 2 aromatic heterocycles. The number of likely N-dealkylation sites (N-methyl/N-ethyl adjacent to an activating group) is 2. The van der Waals surface area contributed by atoms with E-state index < -0.39 is 94.5 Å². The predicted octanol–water partition coefficient (Wildman–Crippen LogP) is 12.7. The summed E-state index contributed by atoms with van der Waals surface area (Å²) in [7, 11) is 7.54. The summed E-state index contributed by atoms with van der Waals surface area (Å²) >= 11 is 0. The summed E-state index contributed by atoms with van der Waals surface area (Å²) in [6, 6.07) is 10.4. The number of aryl methyl sites for hydroxylation is 6. The molecule has 14 nitrogen and oxygen atoms in total. The van der Waals surface area contributed by atoms with Crippen molar-refractivity contribution in [3.8, 4) is 22.3 Å². The average Bonchev–Trinajstić information content (AvgIpc) is 1.00. The summed E-state index contributed by atoms with van der Waals surface area (Å²) in [5.74, 6) is -6.90. The van der Waals surface area contributed by atoms with Gasteiger partial charge in [0.05, 0.1) is 31.5 Å². The molecule has 482 valence electrons. The number of pyridine rings is 2. The molecule has 0 radical (unpaired) electrons. The Hall–Kier alpha value is -7.77. The zero-order valence-corrected chi connectivity index (χ0v) is 54.7. The highest BCUT2D eigenvalue weighted by Crippen LogP contribution is 2.36. The highest BCUT2D eigenvalue weighted by atomic mass is 19.1. The van der Waals surface area contributed by atoms with E-state index in [-0.39, 0.29) is 65.5 Å². The van der Waals surface area contributed by atoms with Gasteiger partial charge in [-0.15, -0.1) is 0 Å². The molecule has 0 aliphatic rings. The Morgan fingerprint density at radius 3 is 1.29 bits per heavy atom. The normalized spacial score (nSPS) is 12.9. The zero-order valence-electron chi connectivity index (χ0n) is 54.7. The lowest BCUT2D eigenvalue weighted by Crippen LogP contribution is -2.41. The van der Waals surface area contributed by atoms with E-state index in [2.05, 4.69) is 10.6 Å². The van der Waals surface area contributed by atoms with E-state index in [9.17, 15) is 38.3 Å². The Morgan fingerprint density at radius 2 is 0.933 bits per heavy atom.